The summed E-state index contributed by atoms with van der Waals surface area (Å²) in [7, 11) is -2.07. The molecule has 0 amide bonds. The van der Waals surface area contributed by atoms with Gasteiger partial charge in [0.05, 0.1) is 11.9 Å². The molecule has 5 nitrogen and oxygen atoms in total. The summed E-state index contributed by atoms with van der Waals surface area (Å²) in [6.45, 7) is 3.47. The summed E-state index contributed by atoms with van der Waals surface area (Å²) in [5.74, 6) is -1.73. The van der Waals surface area contributed by atoms with Crippen molar-refractivity contribution >= 4 is 15.8 Å². The quantitative estimate of drug-likeness (QED) is 0.827. The minimum Gasteiger partial charge on any atom is -0.481 e. The van der Waals surface area contributed by atoms with Crippen LogP contribution in [0.25, 0.3) is 0 Å². The monoisotopic (exact) mass is 326 g/mol. The van der Waals surface area contributed by atoms with E-state index in [1.54, 1.807) is 6.92 Å². The molecule has 0 aromatic heterocycles. The van der Waals surface area contributed by atoms with E-state index in [0.29, 0.717) is 0 Å². The molecule has 0 heterocycles. The second kappa shape index (κ2) is 6.01. The van der Waals surface area contributed by atoms with E-state index in [1.165, 1.54) is 7.11 Å². The molecule has 1 aromatic carbocycles. The maximum atomic E-state index is 12.3. The molecule has 0 saturated heterocycles. The van der Waals surface area contributed by atoms with E-state index in [9.17, 15) is 18.3 Å². The molecular weight excluding hydrogens is 304 g/mol. The number of methoxy groups -OCH3 is 1. The zero-order valence-electron chi connectivity index (χ0n) is 13.1. The number of aliphatic carboxylic acids is 1. The first kappa shape index (κ1) is 17.0. The van der Waals surface area contributed by atoms with Crippen molar-refractivity contribution < 1.29 is 23.1 Å². The second-order valence-corrected chi connectivity index (χ2v) is 8.13. The van der Waals surface area contributed by atoms with Gasteiger partial charge in [0.1, 0.15) is 5.41 Å². The third-order valence-corrected chi connectivity index (χ3v) is 6.85. The molecule has 22 heavy (non-hydrogen) atoms. The Bertz CT molecular complexity index is 650. The van der Waals surface area contributed by atoms with Crippen molar-refractivity contribution in [1.29, 1.82) is 0 Å². The highest BCUT2D eigenvalue weighted by atomic mass is 32.2. The molecule has 0 spiro atoms. The lowest BCUT2D eigenvalue weighted by atomic mass is 9.99. The number of carboxylic acids is 1. The Morgan fingerprint density at radius 2 is 1.86 bits per heavy atom. The third kappa shape index (κ3) is 2.54. The van der Waals surface area contributed by atoms with E-state index in [4.69, 9.17) is 4.74 Å². The van der Waals surface area contributed by atoms with Crippen molar-refractivity contribution in [3.05, 3.63) is 35.4 Å². The number of hydrogen-bond donors (Lipinski definition) is 1. The van der Waals surface area contributed by atoms with E-state index >= 15 is 0 Å². The number of carboxylic acid groups (broad SMARTS) is 1. The Morgan fingerprint density at radius 3 is 2.27 bits per heavy atom. The minimum absolute atomic E-state index is 0.0695. The summed E-state index contributed by atoms with van der Waals surface area (Å²) in [6.07, 6.45) is 0.879. The second-order valence-electron chi connectivity index (χ2n) is 5.72. The summed E-state index contributed by atoms with van der Waals surface area (Å²) in [6, 6.07) is 7.51. The molecule has 0 unspecified atom stereocenters. The Balaban J connectivity index is 2.48. The van der Waals surface area contributed by atoms with Crippen LogP contribution >= 0.6 is 0 Å². The van der Waals surface area contributed by atoms with Crippen molar-refractivity contribution in [2.75, 3.05) is 19.5 Å². The van der Waals surface area contributed by atoms with Crippen LogP contribution in [-0.4, -0.2) is 44.2 Å². The number of rotatable bonds is 7. The lowest BCUT2D eigenvalue weighted by Gasteiger charge is -2.11. The lowest BCUT2D eigenvalue weighted by molar-refractivity contribution is -0.145. The summed E-state index contributed by atoms with van der Waals surface area (Å²) in [5, 5.41) is 8.73. The maximum absolute atomic E-state index is 12.3. The summed E-state index contributed by atoms with van der Waals surface area (Å²) in [5.41, 5.74) is 0.503. The van der Waals surface area contributed by atoms with Gasteiger partial charge in [-0.15, -0.1) is 0 Å². The van der Waals surface area contributed by atoms with Crippen LogP contribution in [0.4, 0.5) is 0 Å². The molecule has 0 radical (unpaired) electrons. The van der Waals surface area contributed by atoms with Crippen LogP contribution in [0, 0.1) is 5.41 Å². The molecule has 0 aliphatic heterocycles. The predicted molar refractivity (Wildman–Crippen MR) is 83.8 cm³/mol. The summed E-state index contributed by atoms with van der Waals surface area (Å²) >= 11 is 0. The van der Waals surface area contributed by atoms with Crippen LogP contribution < -0.4 is 0 Å². The Labute approximate surface area is 131 Å². The van der Waals surface area contributed by atoms with Gasteiger partial charge in [0.2, 0.25) is 0 Å². The average Bonchev–Trinajstić information content (AvgIpc) is 3.19. The van der Waals surface area contributed by atoms with E-state index in [1.807, 2.05) is 31.2 Å². The maximum Gasteiger partial charge on any atom is 0.314 e. The highest BCUT2D eigenvalue weighted by molar-refractivity contribution is 7.92. The zero-order chi connectivity index (χ0) is 16.5. The molecule has 1 aliphatic carbocycles. The number of hydrogen-bond acceptors (Lipinski definition) is 4. The third-order valence-electron chi connectivity index (χ3n) is 4.57. The van der Waals surface area contributed by atoms with Crippen molar-refractivity contribution in [3.8, 4) is 0 Å². The fraction of sp³-hybridized carbons (Fsp3) is 0.562. The van der Waals surface area contributed by atoms with E-state index in [-0.39, 0.29) is 12.4 Å². The number of benzene rings is 1. The SMILES string of the molecule is CCc1ccc([C@@H]2[C@@H](S(=O)(=O)CC)[C@@]2(COC)C(=O)O)cc1. The highest BCUT2D eigenvalue weighted by Crippen LogP contribution is 2.63. The highest BCUT2D eigenvalue weighted by Gasteiger charge is 2.75. The van der Waals surface area contributed by atoms with Gasteiger partial charge in [-0.3, -0.25) is 4.79 Å². The van der Waals surface area contributed by atoms with E-state index < -0.39 is 32.4 Å². The molecule has 0 bridgehead atoms. The molecule has 2 rings (SSSR count). The van der Waals surface area contributed by atoms with Crippen LogP contribution in [0.5, 0.6) is 0 Å². The molecule has 1 fully saturated rings. The molecule has 3 atom stereocenters. The van der Waals surface area contributed by atoms with Crippen LogP contribution in [0.15, 0.2) is 24.3 Å². The van der Waals surface area contributed by atoms with Gasteiger partial charge in [-0.1, -0.05) is 38.1 Å². The largest absolute Gasteiger partial charge is 0.481 e. The first-order valence-electron chi connectivity index (χ1n) is 7.37. The van der Waals surface area contributed by atoms with Gasteiger partial charge in [-0.05, 0) is 17.5 Å². The van der Waals surface area contributed by atoms with Gasteiger partial charge in [-0.2, -0.15) is 0 Å². The fourth-order valence-corrected chi connectivity index (χ4v) is 5.32. The predicted octanol–water partition coefficient (Wildman–Crippen LogP) is 1.87. The van der Waals surface area contributed by atoms with Crippen molar-refractivity contribution in [2.45, 2.75) is 31.4 Å². The van der Waals surface area contributed by atoms with Crippen LogP contribution in [0.1, 0.15) is 30.9 Å². The number of carbonyl (C=O) groups is 1. The van der Waals surface area contributed by atoms with Crippen molar-refractivity contribution in [3.63, 3.8) is 0 Å². The standard InChI is InChI=1S/C16H22O5S/c1-4-11-6-8-12(9-7-11)13-14(22(19,20)5-2)16(13,10-21-3)15(17)18/h6-9,13-14H,4-5,10H2,1-3H3,(H,17,18)/t13-,14-,16+/m1/s1. The topological polar surface area (TPSA) is 80.7 Å². The normalized spacial score (nSPS) is 27.6. The van der Waals surface area contributed by atoms with Crippen LogP contribution in [0.3, 0.4) is 0 Å². The Hall–Kier alpha value is -1.40. The smallest absolute Gasteiger partial charge is 0.314 e. The lowest BCUT2D eigenvalue weighted by Crippen LogP contribution is -2.29. The number of aryl methyl sites for hydroxylation is 1. The van der Waals surface area contributed by atoms with Gasteiger partial charge in [0, 0.05) is 18.8 Å². The number of sulfone groups is 1. The zero-order valence-corrected chi connectivity index (χ0v) is 13.9. The van der Waals surface area contributed by atoms with Gasteiger partial charge >= 0.3 is 5.97 Å². The summed E-state index contributed by atoms with van der Waals surface area (Å²) in [4.78, 5) is 11.8. The average molecular weight is 326 g/mol. The summed E-state index contributed by atoms with van der Waals surface area (Å²) < 4.78 is 29.7. The Kier molecular flexibility index (Phi) is 4.63. The van der Waals surface area contributed by atoms with E-state index in [2.05, 4.69) is 0 Å². The fourth-order valence-electron chi connectivity index (χ4n) is 3.27. The van der Waals surface area contributed by atoms with Gasteiger partial charge < -0.3 is 9.84 Å². The molecule has 1 aromatic rings. The van der Waals surface area contributed by atoms with Gasteiger partial charge in [0.15, 0.2) is 9.84 Å². The molecular formula is C16H22O5S. The van der Waals surface area contributed by atoms with Gasteiger partial charge in [-0.25, -0.2) is 8.42 Å². The van der Waals surface area contributed by atoms with Gasteiger partial charge in [0.25, 0.3) is 0 Å². The minimum atomic E-state index is -3.47. The van der Waals surface area contributed by atoms with Crippen molar-refractivity contribution in [1.82, 2.24) is 0 Å². The molecule has 1 N–H and O–H groups in total. The molecule has 122 valence electrons. The first-order valence-corrected chi connectivity index (χ1v) is 9.09. The van der Waals surface area contributed by atoms with Crippen molar-refractivity contribution in [2.24, 2.45) is 5.41 Å². The number of ether oxygens (including phenoxy) is 1. The van der Waals surface area contributed by atoms with Crippen LogP contribution in [-0.2, 0) is 25.8 Å². The van der Waals surface area contributed by atoms with E-state index in [0.717, 1.165) is 17.5 Å². The first-order chi connectivity index (χ1) is 10.3. The molecule has 1 saturated carbocycles. The molecule has 1 aliphatic rings. The van der Waals surface area contributed by atoms with Crippen LogP contribution in [0.2, 0.25) is 0 Å². The molecule has 6 heteroatoms. The Morgan fingerprint density at radius 1 is 1.27 bits per heavy atom.